The van der Waals surface area contributed by atoms with Crippen molar-refractivity contribution < 1.29 is 18.0 Å². The molecule has 0 unspecified atom stereocenters. The number of carbonyl (C=O) groups excluding carboxylic acids is 1. The number of rotatable bonds is 4. The van der Waals surface area contributed by atoms with Gasteiger partial charge in [0.15, 0.2) is 5.82 Å². The number of H-pyrrole nitrogens is 1. The fourth-order valence-electron chi connectivity index (χ4n) is 2.28. The van der Waals surface area contributed by atoms with Crippen molar-refractivity contribution >= 4 is 11.6 Å². The third-order valence-corrected chi connectivity index (χ3v) is 3.40. The van der Waals surface area contributed by atoms with Gasteiger partial charge < -0.3 is 5.32 Å². The molecule has 0 saturated heterocycles. The second kappa shape index (κ2) is 6.76. The summed E-state index contributed by atoms with van der Waals surface area (Å²) in [7, 11) is 0. The lowest BCUT2D eigenvalue weighted by Crippen LogP contribution is -2.18. The van der Waals surface area contributed by atoms with Crippen LogP contribution in [0.1, 0.15) is 11.4 Å². The summed E-state index contributed by atoms with van der Waals surface area (Å²) in [5.74, 6) is 0.0624. The SMILES string of the molecule is O=C(Cc1nc(-c2ccccc2)n[nH]1)Nc1ccccc1C(F)(F)F. The number of hydrogen-bond acceptors (Lipinski definition) is 3. The number of para-hydroxylation sites is 1. The maximum absolute atomic E-state index is 12.9. The second-order valence-electron chi connectivity index (χ2n) is 5.24. The highest BCUT2D eigenvalue weighted by Gasteiger charge is 2.33. The van der Waals surface area contributed by atoms with Crippen LogP contribution < -0.4 is 5.32 Å². The van der Waals surface area contributed by atoms with Crippen LogP contribution in [0.4, 0.5) is 18.9 Å². The van der Waals surface area contributed by atoms with Gasteiger partial charge in [-0.25, -0.2) is 4.98 Å². The van der Waals surface area contributed by atoms with Crippen LogP contribution in [-0.4, -0.2) is 21.1 Å². The van der Waals surface area contributed by atoms with Crippen molar-refractivity contribution in [2.75, 3.05) is 5.32 Å². The quantitative estimate of drug-likeness (QED) is 0.757. The first-order valence-electron chi connectivity index (χ1n) is 7.36. The fraction of sp³-hybridized carbons (Fsp3) is 0.118. The van der Waals surface area contributed by atoms with E-state index in [1.54, 1.807) is 0 Å². The molecule has 1 aromatic heterocycles. The van der Waals surface area contributed by atoms with Gasteiger partial charge in [0.25, 0.3) is 0 Å². The van der Waals surface area contributed by atoms with Crippen LogP contribution >= 0.6 is 0 Å². The standard InChI is InChI=1S/C17H13F3N4O/c18-17(19,20)12-8-4-5-9-13(12)21-15(25)10-14-22-16(24-23-14)11-6-2-1-3-7-11/h1-9H,10H2,(H,21,25)(H,22,23,24). The van der Waals surface area contributed by atoms with Gasteiger partial charge in [0.2, 0.25) is 5.91 Å². The van der Waals surface area contributed by atoms with Crippen molar-refractivity contribution in [2.24, 2.45) is 0 Å². The minimum Gasteiger partial charge on any atom is -0.325 e. The molecule has 1 amide bonds. The van der Waals surface area contributed by atoms with E-state index in [2.05, 4.69) is 20.5 Å². The van der Waals surface area contributed by atoms with Gasteiger partial charge in [0, 0.05) is 5.56 Å². The summed E-state index contributed by atoms with van der Waals surface area (Å²) in [5, 5.41) is 8.90. The largest absolute Gasteiger partial charge is 0.418 e. The lowest BCUT2D eigenvalue weighted by atomic mass is 10.1. The first kappa shape index (κ1) is 16.7. The molecule has 8 heteroatoms. The molecule has 0 fully saturated rings. The highest BCUT2D eigenvalue weighted by molar-refractivity contribution is 5.92. The van der Waals surface area contributed by atoms with E-state index in [1.807, 2.05) is 30.3 Å². The predicted molar refractivity (Wildman–Crippen MR) is 85.6 cm³/mol. The lowest BCUT2D eigenvalue weighted by molar-refractivity contribution is -0.137. The maximum atomic E-state index is 12.9. The topological polar surface area (TPSA) is 70.7 Å². The number of nitrogens with zero attached hydrogens (tertiary/aromatic N) is 2. The Balaban J connectivity index is 1.71. The fourth-order valence-corrected chi connectivity index (χ4v) is 2.28. The van der Waals surface area contributed by atoms with Crippen molar-refractivity contribution in [1.82, 2.24) is 15.2 Å². The Morgan fingerprint density at radius 3 is 2.44 bits per heavy atom. The van der Waals surface area contributed by atoms with Crippen molar-refractivity contribution in [3.8, 4) is 11.4 Å². The molecule has 5 nitrogen and oxygen atoms in total. The Morgan fingerprint density at radius 1 is 1.04 bits per heavy atom. The van der Waals surface area contributed by atoms with Crippen LogP contribution in [0.3, 0.4) is 0 Å². The van der Waals surface area contributed by atoms with E-state index in [0.29, 0.717) is 5.82 Å². The Hall–Kier alpha value is -3.16. The molecule has 2 aromatic carbocycles. The molecule has 3 rings (SSSR count). The molecule has 1 heterocycles. The molecule has 0 saturated carbocycles. The predicted octanol–water partition coefficient (Wildman–Crippen LogP) is 3.67. The van der Waals surface area contributed by atoms with Gasteiger partial charge in [-0.05, 0) is 12.1 Å². The zero-order valence-corrected chi connectivity index (χ0v) is 12.8. The van der Waals surface area contributed by atoms with E-state index in [4.69, 9.17) is 0 Å². The molecular formula is C17H13F3N4O. The first-order chi connectivity index (χ1) is 11.9. The highest BCUT2D eigenvalue weighted by atomic mass is 19.4. The van der Waals surface area contributed by atoms with Crippen LogP contribution in [0.25, 0.3) is 11.4 Å². The van der Waals surface area contributed by atoms with Crippen LogP contribution in [-0.2, 0) is 17.4 Å². The van der Waals surface area contributed by atoms with Crippen molar-refractivity contribution in [3.05, 3.63) is 66.0 Å². The molecule has 0 aliphatic heterocycles. The normalized spacial score (nSPS) is 11.3. The number of nitrogens with one attached hydrogen (secondary N) is 2. The van der Waals surface area contributed by atoms with E-state index >= 15 is 0 Å². The molecule has 0 bridgehead atoms. The number of carbonyl (C=O) groups is 1. The Kier molecular flexibility index (Phi) is 4.51. The van der Waals surface area contributed by atoms with E-state index in [-0.39, 0.29) is 17.9 Å². The van der Waals surface area contributed by atoms with Gasteiger partial charge in [0.1, 0.15) is 5.82 Å². The Bertz CT molecular complexity index is 875. The van der Waals surface area contributed by atoms with Gasteiger partial charge in [0.05, 0.1) is 17.7 Å². The molecule has 3 aromatic rings. The van der Waals surface area contributed by atoms with Crippen LogP contribution in [0.2, 0.25) is 0 Å². The van der Waals surface area contributed by atoms with Crippen LogP contribution in [0.5, 0.6) is 0 Å². The Labute approximate surface area is 140 Å². The number of halogens is 3. The van der Waals surface area contributed by atoms with E-state index < -0.39 is 17.6 Å². The van der Waals surface area contributed by atoms with E-state index in [1.165, 1.54) is 18.2 Å². The summed E-state index contributed by atoms with van der Waals surface area (Å²) >= 11 is 0. The third-order valence-electron chi connectivity index (χ3n) is 3.40. The van der Waals surface area contributed by atoms with Crippen molar-refractivity contribution in [3.63, 3.8) is 0 Å². The zero-order chi connectivity index (χ0) is 17.9. The lowest BCUT2D eigenvalue weighted by Gasteiger charge is -2.13. The van der Waals surface area contributed by atoms with Gasteiger partial charge >= 0.3 is 6.18 Å². The van der Waals surface area contributed by atoms with Gasteiger partial charge in [-0.1, -0.05) is 42.5 Å². The first-order valence-corrected chi connectivity index (χ1v) is 7.36. The summed E-state index contributed by atoms with van der Waals surface area (Å²) in [6.07, 6.45) is -4.76. The number of aromatic amines is 1. The molecule has 2 N–H and O–H groups in total. The summed E-state index contributed by atoms with van der Waals surface area (Å²) < 4.78 is 38.8. The molecule has 0 aliphatic carbocycles. The van der Waals surface area contributed by atoms with Crippen molar-refractivity contribution in [1.29, 1.82) is 0 Å². The third kappa shape index (κ3) is 4.03. The highest BCUT2D eigenvalue weighted by Crippen LogP contribution is 2.34. The number of anilines is 1. The average molecular weight is 346 g/mol. The molecule has 25 heavy (non-hydrogen) atoms. The van der Waals surface area contributed by atoms with E-state index in [9.17, 15) is 18.0 Å². The van der Waals surface area contributed by atoms with Crippen molar-refractivity contribution in [2.45, 2.75) is 12.6 Å². The Morgan fingerprint density at radius 2 is 1.72 bits per heavy atom. The zero-order valence-electron chi connectivity index (χ0n) is 12.8. The smallest absolute Gasteiger partial charge is 0.325 e. The van der Waals surface area contributed by atoms with Crippen LogP contribution in [0.15, 0.2) is 54.6 Å². The average Bonchev–Trinajstić information content (AvgIpc) is 3.03. The second-order valence-corrected chi connectivity index (χ2v) is 5.24. The summed E-state index contributed by atoms with van der Waals surface area (Å²) in [6.45, 7) is 0. The number of amides is 1. The van der Waals surface area contributed by atoms with Crippen LogP contribution in [0, 0.1) is 0 Å². The summed E-state index contributed by atoms with van der Waals surface area (Å²) in [5.41, 5.74) is -0.415. The minimum atomic E-state index is -4.55. The maximum Gasteiger partial charge on any atom is 0.418 e. The minimum absolute atomic E-state index is 0.216. The molecule has 0 aliphatic rings. The molecule has 0 radical (unpaired) electrons. The molecular weight excluding hydrogens is 333 g/mol. The van der Waals surface area contributed by atoms with Gasteiger partial charge in [-0.2, -0.15) is 18.3 Å². The molecule has 0 atom stereocenters. The van der Waals surface area contributed by atoms with E-state index in [0.717, 1.165) is 11.6 Å². The van der Waals surface area contributed by atoms with Gasteiger partial charge in [-0.15, -0.1) is 0 Å². The summed E-state index contributed by atoms with van der Waals surface area (Å²) in [4.78, 5) is 16.2. The molecule has 0 spiro atoms. The number of benzene rings is 2. The summed E-state index contributed by atoms with van der Waals surface area (Å²) in [6, 6.07) is 13.9. The number of aromatic nitrogens is 3. The number of hydrogen-bond donors (Lipinski definition) is 2. The molecule has 128 valence electrons. The monoisotopic (exact) mass is 346 g/mol. The van der Waals surface area contributed by atoms with Gasteiger partial charge in [-0.3, -0.25) is 9.89 Å². The number of alkyl halides is 3.